The van der Waals surface area contributed by atoms with Gasteiger partial charge in [-0.25, -0.2) is 9.97 Å². The summed E-state index contributed by atoms with van der Waals surface area (Å²) < 4.78 is 0. The summed E-state index contributed by atoms with van der Waals surface area (Å²) in [5, 5.41) is 0.978. The number of halogens is 2. The van der Waals surface area contributed by atoms with Crippen LogP contribution in [0.3, 0.4) is 0 Å². The molecule has 3 rings (SSSR count). The maximum Gasteiger partial charge on any atom is 0.225 e. The molecule has 1 aromatic carbocycles. The highest BCUT2D eigenvalue weighted by molar-refractivity contribution is 6.32. The van der Waals surface area contributed by atoms with Crippen molar-refractivity contribution < 1.29 is 4.79 Å². The van der Waals surface area contributed by atoms with Gasteiger partial charge in [0, 0.05) is 30.6 Å². The first-order valence-electron chi connectivity index (χ1n) is 8.59. The first-order chi connectivity index (χ1) is 11.9. The lowest BCUT2D eigenvalue weighted by atomic mass is 10.1. The van der Waals surface area contributed by atoms with Gasteiger partial charge in [-0.3, -0.25) is 4.79 Å². The Kier molecular flexibility index (Phi) is 5.35. The Morgan fingerprint density at radius 2 is 2.08 bits per heavy atom. The lowest BCUT2D eigenvalue weighted by Gasteiger charge is -2.29. The number of amides is 1. The average Bonchev–Trinajstić information content (AvgIpc) is 3.04. The molecular formula is C18H22Cl2N4O. The molecule has 134 valence electrons. The summed E-state index contributed by atoms with van der Waals surface area (Å²) in [4.78, 5) is 25.6. The number of carbonyl (C=O) groups excluding carboxylic acids is 1. The van der Waals surface area contributed by atoms with E-state index in [1.165, 1.54) is 0 Å². The number of rotatable bonds is 4. The second-order valence-electron chi connectivity index (χ2n) is 6.64. The molecule has 1 fully saturated rings. The Hall–Kier alpha value is -1.59. The maximum atomic E-state index is 12.4. The zero-order valence-electron chi connectivity index (χ0n) is 14.7. The quantitative estimate of drug-likeness (QED) is 0.803. The monoisotopic (exact) mass is 380 g/mol. The predicted molar refractivity (Wildman–Crippen MR) is 102 cm³/mol. The summed E-state index contributed by atoms with van der Waals surface area (Å²) >= 11 is 12.4. The molecule has 1 unspecified atom stereocenters. The maximum absolute atomic E-state index is 12.4. The molecule has 1 aliphatic heterocycles. The summed E-state index contributed by atoms with van der Waals surface area (Å²) in [6, 6.07) is 5.58. The van der Waals surface area contributed by atoms with Gasteiger partial charge in [-0.1, -0.05) is 37.0 Å². The zero-order valence-corrected chi connectivity index (χ0v) is 16.2. The van der Waals surface area contributed by atoms with Gasteiger partial charge in [-0.15, -0.1) is 0 Å². The number of carbonyl (C=O) groups is 1. The molecule has 0 radical (unpaired) electrons. The van der Waals surface area contributed by atoms with Crippen molar-refractivity contribution in [3.05, 3.63) is 28.4 Å². The first-order valence-corrected chi connectivity index (χ1v) is 9.34. The molecule has 2 heterocycles. The minimum Gasteiger partial charge on any atom is -0.352 e. The van der Waals surface area contributed by atoms with Crippen molar-refractivity contribution in [3.8, 4) is 0 Å². The highest BCUT2D eigenvalue weighted by Gasteiger charge is 2.32. The number of likely N-dealkylation sites (N-methyl/N-ethyl adjacent to an activating group) is 1. The molecule has 0 N–H and O–H groups in total. The SMILES string of the molecule is CCN(C(=O)C(C)C)C1CCN(c2nc3ccc(Cl)cc3nc2Cl)C1. The van der Waals surface area contributed by atoms with Crippen LogP contribution in [0.25, 0.3) is 11.0 Å². The van der Waals surface area contributed by atoms with Gasteiger partial charge in [-0.2, -0.15) is 0 Å². The zero-order chi connectivity index (χ0) is 18.1. The molecule has 0 aliphatic carbocycles. The van der Waals surface area contributed by atoms with Crippen molar-refractivity contribution in [1.29, 1.82) is 0 Å². The Morgan fingerprint density at radius 3 is 2.76 bits per heavy atom. The summed E-state index contributed by atoms with van der Waals surface area (Å²) in [5.74, 6) is 0.870. The second kappa shape index (κ2) is 7.34. The lowest BCUT2D eigenvalue weighted by molar-refractivity contribution is -0.136. The van der Waals surface area contributed by atoms with Crippen LogP contribution in [-0.4, -0.2) is 46.5 Å². The minimum absolute atomic E-state index is 0.00259. The molecule has 5 nitrogen and oxygen atoms in total. The van der Waals surface area contributed by atoms with Crippen LogP contribution in [0.1, 0.15) is 27.2 Å². The highest BCUT2D eigenvalue weighted by atomic mass is 35.5. The van der Waals surface area contributed by atoms with E-state index >= 15 is 0 Å². The van der Waals surface area contributed by atoms with Gasteiger partial charge in [-0.05, 0) is 31.5 Å². The number of fused-ring (bicyclic) bond motifs is 1. The van der Waals surface area contributed by atoms with Crippen molar-refractivity contribution in [2.24, 2.45) is 5.92 Å². The fraction of sp³-hybridized carbons (Fsp3) is 0.500. The Bertz CT molecular complexity index is 796. The van der Waals surface area contributed by atoms with E-state index in [0.717, 1.165) is 25.0 Å². The van der Waals surface area contributed by atoms with Gasteiger partial charge >= 0.3 is 0 Å². The van der Waals surface area contributed by atoms with E-state index in [0.29, 0.717) is 28.1 Å². The number of benzene rings is 1. The third-order valence-electron chi connectivity index (χ3n) is 4.59. The van der Waals surface area contributed by atoms with Gasteiger partial charge < -0.3 is 9.80 Å². The predicted octanol–water partition coefficient (Wildman–Crippen LogP) is 4.02. The molecular weight excluding hydrogens is 359 g/mol. The van der Waals surface area contributed by atoms with E-state index in [1.54, 1.807) is 12.1 Å². The topological polar surface area (TPSA) is 49.3 Å². The molecule has 0 spiro atoms. The van der Waals surface area contributed by atoms with E-state index < -0.39 is 0 Å². The van der Waals surface area contributed by atoms with E-state index in [1.807, 2.05) is 31.7 Å². The van der Waals surface area contributed by atoms with Crippen molar-refractivity contribution in [1.82, 2.24) is 14.9 Å². The molecule has 1 amide bonds. The van der Waals surface area contributed by atoms with Gasteiger partial charge in [0.2, 0.25) is 5.91 Å². The van der Waals surface area contributed by atoms with Crippen LogP contribution < -0.4 is 4.90 Å². The lowest BCUT2D eigenvalue weighted by Crippen LogP contribution is -2.43. The second-order valence-corrected chi connectivity index (χ2v) is 7.43. The number of hydrogen-bond acceptors (Lipinski definition) is 4. The van der Waals surface area contributed by atoms with E-state index in [4.69, 9.17) is 23.2 Å². The number of aromatic nitrogens is 2. The standard InChI is InChI=1S/C18H22Cl2N4O/c1-4-24(18(25)11(2)3)13-7-8-23(10-13)17-16(20)21-15-9-12(19)5-6-14(15)22-17/h5-6,9,11,13H,4,7-8,10H2,1-3H3. The van der Waals surface area contributed by atoms with Crippen LogP contribution in [0.4, 0.5) is 5.82 Å². The largest absolute Gasteiger partial charge is 0.352 e. The first kappa shape index (κ1) is 18.2. The average molecular weight is 381 g/mol. The third kappa shape index (κ3) is 3.67. The van der Waals surface area contributed by atoms with Gasteiger partial charge in [0.25, 0.3) is 0 Å². The summed E-state index contributed by atoms with van der Waals surface area (Å²) in [6.07, 6.45) is 0.906. The molecule has 1 saturated heterocycles. The van der Waals surface area contributed by atoms with Gasteiger partial charge in [0.15, 0.2) is 11.0 Å². The van der Waals surface area contributed by atoms with E-state index in [9.17, 15) is 4.79 Å². The summed E-state index contributed by atoms with van der Waals surface area (Å²) in [5.41, 5.74) is 1.44. The van der Waals surface area contributed by atoms with Crippen molar-refractivity contribution >= 4 is 46.0 Å². The fourth-order valence-corrected chi connectivity index (χ4v) is 3.73. The molecule has 7 heteroatoms. The molecule has 2 aromatic rings. The molecule has 1 aromatic heterocycles. The molecule has 25 heavy (non-hydrogen) atoms. The van der Waals surface area contributed by atoms with E-state index in [-0.39, 0.29) is 17.9 Å². The summed E-state index contributed by atoms with van der Waals surface area (Å²) in [6.45, 7) is 8.14. The van der Waals surface area contributed by atoms with Crippen LogP contribution in [0.5, 0.6) is 0 Å². The van der Waals surface area contributed by atoms with Crippen molar-refractivity contribution in [2.75, 3.05) is 24.5 Å². The van der Waals surface area contributed by atoms with Crippen LogP contribution in [-0.2, 0) is 4.79 Å². The third-order valence-corrected chi connectivity index (χ3v) is 5.08. The van der Waals surface area contributed by atoms with Crippen LogP contribution in [0.15, 0.2) is 18.2 Å². The van der Waals surface area contributed by atoms with Gasteiger partial charge in [0.1, 0.15) is 0 Å². The minimum atomic E-state index is 0.00259. The van der Waals surface area contributed by atoms with Crippen LogP contribution in [0, 0.1) is 5.92 Å². The van der Waals surface area contributed by atoms with Crippen molar-refractivity contribution in [2.45, 2.75) is 33.2 Å². The number of nitrogens with zero attached hydrogens (tertiary/aromatic N) is 4. The molecule has 0 saturated carbocycles. The highest BCUT2D eigenvalue weighted by Crippen LogP contribution is 2.30. The summed E-state index contributed by atoms with van der Waals surface area (Å²) in [7, 11) is 0. The Labute approximate surface area is 157 Å². The van der Waals surface area contributed by atoms with E-state index in [2.05, 4.69) is 14.9 Å². The van der Waals surface area contributed by atoms with Crippen molar-refractivity contribution in [3.63, 3.8) is 0 Å². The Balaban J connectivity index is 1.84. The van der Waals surface area contributed by atoms with Gasteiger partial charge in [0.05, 0.1) is 17.1 Å². The normalized spacial score (nSPS) is 17.5. The van der Waals surface area contributed by atoms with Crippen LogP contribution >= 0.6 is 23.2 Å². The fourth-order valence-electron chi connectivity index (χ4n) is 3.31. The smallest absolute Gasteiger partial charge is 0.225 e. The molecule has 1 atom stereocenters. The number of anilines is 1. The molecule has 1 aliphatic rings. The van der Waals surface area contributed by atoms with Crippen LogP contribution in [0.2, 0.25) is 10.2 Å². The Morgan fingerprint density at radius 1 is 1.32 bits per heavy atom. The molecule has 0 bridgehead atoms. The number of hydrogen-bond donors (Lipinski definition) is 0.